The Morgan fingerprint density at radius 1 is 1.00 bits per heavy atom. The van der Waals surface area contributed by atoms with Crippen LogP contribution in [0.1, 0.15) is 99.8 Å². The van der Waals surface area contributed by atoms with Gasteiger partial charge in [0.05, 0.1) is 6.10 Å². The van der Waals surface area contributed by atoms with Crippen molar-refractivity contribution in [3.8, 4) is 0 Å². The van der Waals surface area contributed by atoms with Crippen LogP contribution in [0.5, 0.6) is 0 Å². The first-order valence-corrected chi connectivity index (χ1v) is 14.5. The number of carbonyl (C=O) groups is 2. The second kappa shape index (κ2) is 8.29. The van der Waals surface area contributed by atoms with E-state index >= 15 is 0 Å². The average molecular weight is 497 g/mol. The summed E-state index contributed by atoms with van der Waals surface area (Å²) in [5, 5.41) is 20.4. The molecule has 0 bridgehead atoms. The molecule has 0 aromatic heterocycles. The van der Waals surface area contributed by atoms with Crippen LogP contribution in [0.2, 0.25) is 0 Å². The zero-order chi connectivity index (χ0) is 26.4. The van der Waals surface area contributed by atoms with Gasteiger partial charge in [0.1, 0.15) is 0 Å². The number of carbonyl (C=O) groups excluding carboxylic acids is 1. The molecule has 36 heavy (non-hydrogen) atoms. The Hall–Kier alpha value is -1.42. The van der Waals surface area contributed by atoms with Crippen molar-refractivity contribution in [3.63, 3.8) is 0 Å². The molecule has 4 heteroatoms. The fourth-order valence-electron chi connectivity index (χ4n) is 10.5. The highest BCUT2D eigenvalue weighted by atomic mass is 16.4. The number of aliphatic hydroxyl groups is 1. The average Bonchev–Trinajstić information content (AvgIpc) is 3.08. The number of fused-ring (bicyclic) bond motifs is 7. The third kappa shape index (κ3) is 3.63. The Labute approximate surface area is 218 Å². The number of Topliss-reactive ketones (excluding diaryl/α,β-unsaturated/α-hetero) is 1. The molecule has 4 fully saturated rings. The van der Waals surface area contributed by atoms with Crippen LogP contribution in [-0.2, 0) is 9.59 Å². The van der Waals surface area contributed by atoms with Gasteiger partial charge >= 0.3 is 5.97 Å². The molecule has 1 unspecified atom stereocenters. The molecular weight excluding hydrogens is 448 g/mol. The van der Waals surface area contributed by atoms with Crippen molar-refractivity contribution >= 4 is 11.8 Å². The lowest BCUT2D eigenvalue weighted by Crippen LogP contribution is -2.60. The Bertz CT molecular complexity index is 1010. The summed E-state index contributed by atoms with van der Waals surface area (Å²) in [5.41, 5.74) is 1.87. The van der Waals surface area contributed by atoms with Gasteiger partial charge < -0.3 is 10.2 Å². The maximum absolute atomic E-state index is 13.5. The molecule has 0 aromatic carbocycles. The molecule has 9 atom stereocenters. The minimum absolute atomic E-state index is 0.0293. The van der Waals surface area contributed by atoms with Gasteiger partial charge in [0.15, 0.2) is 5.78 Å². The summed E-state index contributed by atoms with van der Waals surface area (Å²) in [7, 11) is 0. The molecule has 0 aromatic rings. The first-order valence-electron chi connectivity index (χ1n) is 14.5. The van der Waals surface area contributed by atoms with E-state index in [1.165, 1.54) is 30.9 Å². The third-order valence-corrected chi connectivity index (χ3v) is 12.1. The van der Waals surface area contributed by atoms with E-state index in [4.69, 9.17) is 0 Å². The van der Waals surface area contributed by atoms with E-state index in [-0.39, 0.29) is 28.1 Å². The number of hydrogen-bond donors (Lipinski definition) is 2. The Morgan fingerprint density at radius 2 is 1.67 bits per heavy atom. The lowest BCUT2D eigenvalue weighted by Gasteiger charge is -2.66. The van der Waals surface area contributed by atoms with Crippen LogP contribution in [-0.4, -0.2) is 28.1 Å². The van der Waals surface area contributed by atoms with Gasteiger partial charge in [0.25, 0.3) is 0 Å². The van der Waals surface area contributed by atoms with Crippen LogP contribution < -0.4 is 0 Å². The Morgan fingerprint density at radius 3 is 2.31 bits per heavy atom. The molecule has 200 valence electrons. The maximum Gasteiger partial charge on any atom is 0.328 e. The summed E-state index contributed by atoms with van der Waals surface area (Å²) in [6.45, 7) is 16.0. The van der Waals surface area contributed by atoms with Crippen molar-refractivity contribution in [1.29, 1.82) is 0 Å². The van der Waals surface area contributed by atoms with Crippen molar-refractivity contribution in [3.05, 3.63) is 23.3 Å². The second-order valence-corrected chi connectivity index (χ2v) is 15.2. The summed E-state index contributed by atoms with van der Waals surface area (Å²) >= 11 is 0. The molecular formula is C32H48O4. The molecule has 4 saturated carbocycles. The number of aliphatic carboxylic acids is 1. The van der Waals surface area contributed by atoms with Gasteiger partial charge in [0, 0.05) is 23.5 Å². The van der Waals surface area contributed by atoms with Crippen LogP contribution in [0, 0.1) is 57.2 Å². The van der Waals surface area contributed by atoms with Gasteiger partial charge in [-0.1, -0.05) is 54.5 Å². The van der Waals surface area contributed by atoms with Crippen LogP contribution in [0.15, 0.2) is 23.3 Å². The fourth-order valence-corrected chi connectivity index (χ4v) is 10.5. The minimum Gasteiger partial charge on any atom is -0.478 e. The van der Waals surface area contributed by atoms with Crippen LogP contribution >= 0.6 is 0 Å². The number of allylic oxidation sites excluding steroid dienone is 3. The van der Waals surface area contributed by atoms with Crippen molar-refractivity contribution < 1.29 is 19.8 Å². The van der Waals surface area contributed by atoms with Gasteiger partial charge in [-0.25, -0.2) is 4.79 Å². The summed E-state index contributed by atoms with van der Waals surface area (Å²) in [6, 6.07) is 0. The first-order chi connectivity index (χ1) is 16.6. The number of hydrogen-bond acceptors (Lipinski definition) is 3. The van der Waals surface area contributed by atoms with Gasteiger partial charge in [-0.15, -0.1) is 0 Å². The van der Waals surface area contributed by atoms with E-state index < -0.39 is 11.4 Å². The smallest absolute Gasteiger partial charge is 0.328 e. The zero-order valence-electron chi connectivity index (χ0n) is 23.6. The summed E-state index contributed by atoms with van der Waals surface area (Å²) in [6.07, 6.45) is 11.0. The first kappa shape index (κ1) is 26.2. The highest BCUT2D eigenvalue weighted by Crippen LogP contribution is 2.70. The fraction of sp³-hybridized carbons (Fsp3) is 0.812. The largest absolute Gasteiger partial charge is 0.478 e. The number of rotatable bonds is 2. The predicted octanol–water partition coefficient (Wildman–Crippen LogP) is 6.82. The summed E-state index contributed by atoms with van der Waals surface area (Å²) in [4.78, 5) is 25.1. The SMILES string of the molecule is CC1C[C@H](O)C(C)(C)[C@@H]2CC[C@]3(C)[C@H](CC[C@@H]4C5=C(C(C)(C)C)C(=O)C[C@]5(/C=C/C(=O)O)CC[C@H]43)[C@@H]12. The molecule has 0 heterocycles. The van der Waals surface area contributed by atoms with Crippen LogP contribution in [0.4, 0.5) is 0 Å². The number of carboxylic acid groups (broad SMARTS) is 1. The third-order valence-electron chi connectivity index (χ3n) is 12.1. The molecule has 0 saturated heterocycles. The quantitative estimate of drug-likeness (QED) is 0.411. The molecule has 0 spiro atoms. The van der Waals surface area contributed by atoms with Crippen molar-refractivity contribution in [2.24, 2.45) is 57.2 Å². The van der Waals surface area contributed by atoms with Gasteiger partial charge in [0.2, 0.25) is 0 Å². The van der Waals surface area contributed by atoms with Crippen molar-refractivity contribution in [2.75, 3.05) is 0 Å². The number of carboxylic acids is 1. The van der Waals surface area contributed by atoms with E-state index in [0.717, 1.165) is 31.3 Å². The lowest BCUT2D eigenvalue weighted by molar-refractivity contribution is -0.175. The lowest BCUT2D eigenvalue weighted by atomic mass is 9.39. The molecule has 5 aliphatic rings. The maximum atomic E-state index is 13.5. The molecule has 0 aliphatic heterocycles. The number of ketones is 1. The topological polar surface area (TPSA) is 74.6 Å². The van der Waals surface area contributed by atoms with Gasteiger partial charge in [-0.05, 0) is 102 Å². The van der Waals surface area contributed by atoms with E-state index in [1.54, 1.807) is 0 Å². The highest BCUT2D eigenvalue weighted by molar-refractivity contribution is 6.02. The molecule has 5 aliphatic carbocycles. The monoisotopic (exact) mass is 496 g/mol. The van der Waals surface area contributed by atoms with E-state index in [0.29, 0.717) is 41.9 Å². The molecule has 0 amide bonds. The molecule has 5 rings (SSSR count). The summed E-state index contributed by atoms with van der Waals surface area (Å²) < 4.78 is 0. The minimum atomic E-state index is -0.924. The van der Waals surface area contributed by atoms with E-state index in [9.17, 15) is 19.8 Å². The highest BCUT2D eigenvalue weighted by Gasteiger charge is 2.63. The van der Waals surface area contributed by atoms with Crippen LogP contribution in [0.3, 0.4) is 0 Å². The molecule has 0 radical (unpaired) electrons. The second-order valence-electron chi connectivity index (χ2n) is 15.2. The van der Waals surface area contributed by atoms with Crippen molar-refractivity contribution in [2.45, 2.75) is 106 Å². The standard InChI is InChI=1S/C32H48O4/c1-18-16-24(34)30(5,6)21-10-13-31(7)20-11-14-32(15-12-25(35)36)17-23(33)28(29(2,3)4)27(32)19(20)8-9-22(31)26(18)21/h12,15,18-22,24,26,34H,8-11,13-14,16-17H2,1-7H3,(H,35,36)/b15-12+/t18?,19-,20+,21+,22+,24-,26-,31-,32+/m0/s1. The Balaban J connectivity index is 1.57. The van der Waals surface area contributed by atoms with E-state index in [1.807, 2.05) is 6.08 Å². The number of aliphatic hydroxyl groups excluding tert-OH is 1. The van der Waals surface area contributed by atoms with E-state index in [2.05, 4.69) is 48.5 Å². The van der Waals surface area contributed by atoms with Crippen molar-refractivity contribution in [1.82, 2.24) is 0 Å². The predicted molar refractivity (Wildman–Crippen MR) is 142 cm³/mol. The summed E-state index contributed by atoms with van der Waals surface area (Å²) in [5.74, 6) is 2.66. The normalized spacial score (nSPS) is 46.2. The van der Waals surface area contributed by atoms with Gasteiger partial charge in [-0.3, -0.25) is 4.79 Å². The zero-order valence-corrected chi connectivity index (χ0v) is 23.6. The van der Waals surface area contributed by atoms with Gasteiger partial charge in [-0.2, -0.15) is 0 Å². The molecule has 4 nitrogen and oxygen atoms in total. The molecule has 2 N–H and O–H groups in total. The van der Waals surface area contributed by atoms with Crippen LogP contribution in [0.25, 0.3) is 0 Å². The Kier molecular flexibility index (Phi) is 6.03.